The first-order valence-corrected chi connectivity index (χ1v) is 12.5. The Hall–Kier alpha value is -3.90. The van der Waals surface area contributed by atoms with Gasteiger partial charge in [-0.1, -0.05) is 0 Å². The molecule has 0 spiro atoms. The van der Waals surface area contributed by atoms with E-state index >= 15 is 0 Å². The number of nitrogens with one attached hydrogen (secondary N) is 1. The maximum absolute atomic E-state index is 14.0. The molecule has 0 fully saturated rings. The summed E-state index contributed by atoms with van der Waals surface area (Å²) < 4.78 is 29.0. The molecule has 4 N–H and O–H groups in total. The zero-order chi connectivity index (χ0) is 27.3. The Balaban J connectivity index is 1.64. The molecule has 2 aliphatic carbocycles. The molecule has 39 heavy (non-hydrogen) atoms. The quantitative estimate of drug-likeness (QED) is 0.300. The maximum atomic E-state index is 14.0. The first kappa shape index (κ1) is 24.2. The number of fused-ring (bicyclic) bond motifs is 6. The van der Waals surface area contributed by atoms with E-state index in [1.807, 2.05) is 0 Å². The van der Waals surface area contributed by atoms with Crippen molar-refractivity contribution in [2.24, 2.45) is 0 Å². The number of aromatic hydroxyl groups is 2. The number of phenolic OH excluding ortho intramolecular Hbond substituents is 2. The molecule has 7 rings (SSSR count). The van der Waals surface area contributed by atoms with Gasteiger partial charge in [0.2, 0.25) is 5.43 Å². The lowest BCUT2D eigenvalue weighted by molar-refractivity contribution is -0.0709. The zero-order valence-corrected chi connectivity index (χ0v) is 21.3. The highest BCUT2D eigenvalue weighted by Gasteiger charge is 2.43. The van der Waals surface area contributed by atoms with Gasteiger partial charge in [-0.3, -0.25) is 9.59 Å². The Kier molecular flexibility index (Phi) is 5.14. The van der Waals surface area contributed by atoms with Crippen LogP contribution in [0.4, 0.5) is 0 Å². The van der Waals surface area contributed by atoms with Gasteiger partial charge >= 0.3 is 0 Å². The first-order valence-electron chi connectivity index (χ1n) is 12.5. The molecule has 0 unspecified atom stereocenters. The summed E-state index contributed by atoms with van der Waals surface area (Å²) in [5.41, 5.74) is 1.09. The molecule has 3 heterocycles. The summed E-state index contributed by atoms with van der Waals surface area (Å²) >= 11 is 0. The summed E-state index contributed by atoms with van der Waals surface area (Å²) in [6, 6.07) is 3.55. The highest BCUT2D eigenvalue weighted by Crippen LogP contribution is 2.57. The molecular weight excluding hydrogens is 510 g/mol. The van der Waals surface area contributed by atoms with Gasteiger partial charge in [0.05, 0.1) is 29.3 Å². The number of phenols is 2. The van der Waals surface area contributed by atoms with Crippen LogP contribution >= 0.6 is 0 Å². The molecule has 11 heteroatoms. The SMILES string of the molecule is CO[C@@H]1C[C@@H](O)[C@@H](OC)c2oc3c4c5c(c(O)c3c(=O)c21)-c1c(cc2cc(C)[nH]c(=O)c2c1O)C[C@@H]5OCO4. The van der Waals surface area contributed by atoms with E-state index in [-0.39, 0.29) is 63.5 Å². The Morgan fingerprint density at radius 3 is 2.54 bits per heavy atom. The third-order valence-electron chi connectivity index (χ3n) is 8.07. The number of rotatable bonds is 2. The summed E-state index contributed by atoms with van der Waals surface area (Å²) in [6.07, 6.45) is -2.91. The maximum Gasteiger partial charge on any atom is 0.259 e. The van der Waals surface area contributed by atoms with E-state index in [0.29, 0.717) is 28.6 Å². The molecule has 4 aromatic rings. The number of methoxy groups -OCH3 is 2. The lowest BCUT2D eigenvalue weighted by atomic mass is 9.79. The van der Waals surface area contributed by atoms with Gasteiger partial charge in [0, 0.05) is 49.4 Å². The Bertz CT molecular complexity index is 1840. The molecule has 1 aliphatic heterocycles. The van der Waals surface area contributed by atoms with Crippen LogP contribution in [0.1, 0.15) is 52.9 Å². The molecule has 0 radical (unpaired) electrons. The van der Waals surface area contributed by atoms with Crippen LogP contribution in [0.15, 0.2) is 26.1 Å². The second-order valence-corrected chi connectivity index (χ2v) is 10.2. The Morgan fingerprint density at radius 1 is 1.03 bits per heavy atom. The van der Waals surface area contributed by atoms with Crippen molar-refractivity contribution in [1.29, 1.82) is 0 Å². The Morgan fingerprint density at radius 2 is 1.79 bits per heavy atom. The molecule has 202 valence electrons. The van der Waals surface area contributed by atoms with Gasteiger partial charge in [-0.15, -0.1) is 0 Å². The van der Waals surface area contributed by atoms with Gasteiger partial charge in [0.15, 0.2) is 18.1 Å². The number of benzene rings is 2. The number of H-pyrrole nitrogens is 1. The predicted molar refractivity (Wildman–Crippen MR) is 137 cm³/mol. The largest absolute Gasteiger partial charge is 0.506 e. The second-order valence-electron chi connectivity index (χ2n) is 10.2. The molecule has 0 saturated heterocycles. The van der Waals surface area contributed by atoms with Crippen molar-refractivity contribution in [2.45, 2.75) is 44.2 Å². The van der Waals surface area contributed by atoms with Gasteiger partial charge in [0.1, 0.15) is 28.7 Å². The van der Waals surface area contributed by atoms with Crippen molar-refractivity contribution in [3.05, 3.63) is 60.9 Å². The van der Waals surface area contributed by atoms with E-state index in [1.165, 1.54) is 14.2 Å². The molecule has 0 saturated carbocycles. The number of aliphatic hydroxyl groups excluding tert-OH is 1. The molecule has 4 atom stereocenters. The van der Waals surface area contributed by atoms with E-state index in [1.54, 1.807) is 19.1 Å². The lowest BCUT2D eigenvalue weighted by Gasteiger charge is -2.36. The number of ether oxygens (including phenoxy) is 4. The van der Waals surface area contributed by atoms with Gasteiger partial charge in [-0.05, 0) is 30.0 Å². The molecule has 3 aliphatic rings. The van der Waals surface area contributed by atoms with Crippen LogP contribution in [0.3, 0.4) is 0 Å². The number of pyridine rings is 1. The fourth-order valence-electron chi connectivity index (χ4n) is 6.43. The smallest absolute Gasteiger partial charge is 0.259 e. The number of hydrogen-bond donors (Lipinski definition) is 4. The van der Waals surface area contributed by atoms with Crippen LogP contribution in [0.5, 0.6) is 17.2 Å². The average Bonchev–Trinajstić information content (AvgIpc) is 2.89. The van der Waals surface area contributed by atoms with Crippen LogP contribution in [0, 0.1) is 6.92 Å². The molecule has 11 nitrogen and oxygen atoms in total. The third-order valence-corrected chi connectivity index (χ3v) is 8.07. The molecule has 2 aromatic heterocycles. The van der Waals surface area contributed by atoms with Crippen LogP contribution in [0.2, 0.25) is 0 Å². The van der Waals surface area contributed by atoms with Crippen molar-refractivity contribution in [3.63, 3.8) is 0 Å². The predicted octanol–water partition coefficient (Wildman–Crippen LogP) is 3.12. The van der Waals surface area contributed by atoms with Crippen molar-refractivity contribution in [1.82, 2.24) is 4.98 Å². The van der Waals surface area contributed by atoms with Crippen LogP contribution in [-0.4, -0.2) is 47.4 Å². The summed E-state index contributed by atoms with van der Waals surface area (Å²) in [6.45, 7) is 1.61. The minimum absolute atomic E-state index is 0.0218. The van der Waals surface area contributed by atoms with E-state index in [2.05, 4.69) is 4.98 Å². The topological polar surface area (TPSA) is 161 Å². The van der Waals surface area contributed by atoms with Crippen molar-refractivity contribution >= 4 is 21.7 Å². The number of hydrogen-bond acceptors (Lipinski definition) is 10. The number of aromatic nitrogens is 1. The monoisotopic (exact) mass is 535 g/mol. The summed E-state index contributed by atoms with van der Waals surface area (Å²) in [5.74, 6) is -0.478. The summed E-state index contributed by atoms with van der Waals surface area (Å²) in [7, 11) is 2.81. The fourth-order valence-corrected chi connectivity index (χ4v) is 6.43. The van der Waals surface area contributed by atoms with E-state index in [0.717, 1.165) is 0 Å². The van der Waals surface area contributed by atoms with Gasteiger partial charge in [0.25, 0.3) is 5.56 Å². The second kappa shape index (κ2) is 8.30. The minimum Gasteiger partial charge on any atom is -0.506 e. The lowest BCUT2D eigenvalue weighted by Crippen LogP contribution is -2.34. The highest BCUT2D eigenvalue weighted by molar-refractivity contribution is 6.05. The third kappa shape index (κ3) is 3.12. The van der Waals surface area contributed by atoms with Crippen molar-refractivity contribution < 1.29 is 38.7 Å². The van der Waals surface area contributed by atoms with Crippen molar-refractivity contribution in [2.75, 3.05) is 21.0 Å². The van der Waals surface area contributed by atoms with E-state index in [4.69, 9.17) is 23.4 Å². The number of aromatic amines is 1. The van der Waals surface area contributed by atoms with E-state index < -0.39 is 41.2 Å². The zero-order valence-electron chi connectivity index (χ0n) is 21.3. The number of aryl methyl sites for hydroxylation is 1. The highest BCUT2D eigenvalue weighted by atomic mass is 16.7. The molecular formula is C28H25NO10. The van der Waals surface area contributed by atoms with E-state index in [9.17, 15) is 24.9 Å². The molecule has 2 aromatic carbocycles. The Labute approximate surface area is 220 Å². The summed E-state index contributed by atoms with van der Waals surface area (Å²) in [5, 5.41) is 34.3. The molecule has 0 bridgehead atoms. The van der Waals surface area contributed by atoms with Crippen LogP contribution in [-0.2, 0) is 20.6 Å². The fraction of sp³-hybridized carbons (Fsp3) is 0.357. The normalized spacial score (nSPS) is 23.3. The van der Waals surface area contributed by atoms with Gasteiger partial charge in [-0.2, -0.15) is 0 Å². The summed E-state index contributed by atoms with van der Waals surface area (Å²) in [4.78, 5) is 29.6. The van der Waals surface area contributed by atoms with Gasteiger partial charge < -0.3 is 43.7 Å². The minimum atomic E-state index is -0.994. The average molecular weight is 536 g/mol. The molecule has 0 amide bonds. The first-order chi connectivity index (χ1) is 18.7. The number of aliphatic hydroxyl groups is 1. The van der Waals surface area contributed by atoms with Crippen LogP contribution in [0.25, 0.3) is 32.9 Å². The van der Waals surface area contributed by atoms with Crippen LogP contribution < -0.4 is 15.7 Å². The standard InChI is InChI=1S/C28H25NO10/c1-9-4-10-5-11-6-14-17-19(15(11)21(31)16(10)28(34)29-9)23(33)20-22(32)18-13(35-2)7-12(30)24(36-3)26(18)39-27(20)25(17)38-8-37-14/h4-5,12-14,24,30-31,33H,6-8H2,1-3H3,(H,29,34)/t12-,13-,14+,24-/m1/s1. The van der Waals surface area contributed by atoms with Gasteiger partial charge in [-0.25, -0.2) is 0 Å². The van der Waals surface area contributed by atoms with Crippen molar-refractivity contribution in [3.8, 4) is 28.4 Å².